The smallest absolute Gasteiger partial charge is 0.0245 e. The summed E-state index contributed by atoms with van der Waals surface area (Å²) in [7, 11) is 0. The molecule has 0 aromatic carbocycles. The molecule has 1 nitrogen and oxygen atoms in total. The van der Waals surface area contributed by atoms with E-state index in [0.717, 1.165) is 18.3 Å². The summed E-state index contributed by atoms with van der Waals surface area (Å²) >= 11 is 6.54. The summed E-state index contributed by atoms with van der Waals surface area (Å²) in [6.07, 6.45) is 7.97. The fraction of sp³-hybridized carbons (Fsp3) is 0.765. The minimum absolute atomic E-state index is 0.422. The van der Waals surface area contributed by atoms with Gasteiger partial charge in [-0.3, -0.25) is 4.90 Å². The Labute approximate surface area is 134 Å². The molecule has 1 aliphatic rings. The molecule has 1 saturated carbocycles. The van der Waals surface area contributed by atoms with Gasteiger partial charge in [-0.1, -0.05) is 26.7 Å². The third kappa shape index (κ3) is 4.51. The molecule has 0 saturated heterocycles. The molecule has 1 aromatic rings. The number of thiophene rings is 1. The topological polar surface area (TPSA) is 3.24 Å². The zero-order valence-corrected chi connectivity index (χ0v) is 14.7. The molecule has 0 unspecified atom stereocenters. The predicted molar refractivity (Wildman–Crippen MR) is 93.9 cm³/mol. The maximum Gasteiger partial charge on any atom is 0.0245 e. The van der Waals surface area contributed by atoms with Crippen molar-refractivity contribution in [3.8, 4) is 0 Å². The average Bonchev–Trinajstić information content (AvgIpc) is 3.17. The van der Waals surface area contributed by atoms with Gasteiger partial charge in [0, 0.05) is 19.1 Å². The SMILES string of the molecule is CCCC(CS)(CCC)CN(Cc1ccsc1)C1CC1. The molecule has 1 aromatic heterocycles. The highest BCUT2D eigenvalue weighted by molar-refractivity contribution is 7.80. The molecule has 0 radical (unpaired) electrons. The summed E-state index contributed by atoms with van der Waals surface area (Å²) < 4.78 is 0. The fourth-order valence-corrected chi connectivity index (χ4v) is 4.43. The summed E-state index contributed by atoms with van der Waals surface area (Å²) in [6.45, 7) is 7.00. The minimum atomic E-state index is 0.422. The van der Waals surface area contributed by atoms with E-state index in [2.05, 4.69) is 35.6 Å². The summed E-state index contributed by atoms with van der Waals surface area (Å²) in [4.78, 5) is 2.74. The van der Waals surface area contributed by atoms with Crippen molar-refractivity contribution in [2.75, 3.05) is 12.3 Å². The Morgan fingerprint density at radius 2 is 2.00 bits per heavy atom. The number of nitrogens with zero attached hydrogens (tertiary/aromatic N) is 1. The van der Waals surface area contributed by atoms with Crippen molar-refractivity contribution < 1.29 is 0 Å². The van der Waals surface area contributed by atoms with Crippen molar-refractivity contribution in [3.05, 3.63) is 22.4 Å². The van der Waals surface area contributed by atoms with Crippen LogP contribution in [0.5, 0.6) is 0 Å². The van der Waals surface area contributed by atoms with Gasteiger partial charge in [0.05, 0.1) is 0 Å². The largest absolute Gasteiger partial charge is 0.296 e. The minimum Gasteiger partial charge on any atom is -0.296 e. The summed E-state index contributed by atoms with van der Waals surface area (Å²) in [5, 5.41) is 4.50. The molecule has 1 aliphatic carbocycles. The van der Waals surface area contributed by atoms with Crippen LogP contribution in [0.4, 0.5) is 0 Å². The second-order valence-corrected chi connectivity index (χ2v) is 7.52. The molecular formula is C17H29NS2. The van der Waals surface area contributed by atoms with Crippen LogP contribution in [0.15, 0.2) is 16.8 Å². The maximum absolute atomic E-state index is 4.72. The van der Waals surface area contributed by atoms with Crippen LogP contribution in [0.1, 0.15) is 57.9 Å². The molecule has 3 heteroatoms. The van der Waals surface area contributed by atoms with Gasteiger partial charge in [0.2, 0.25) is 0 Å². The molecule has 1 fully saturated rings. The van der Waals surface area contributed by atoms with Crippen LogP contribution in [0.25, 0.3) is 0 Å². The third-order valence-corrected chi connectivity index (χ3v) is 5.87. The Bertz CT molecular complexity index is 364. The van der Waals surface area contributed by atoms with Gasteiger partial charge in [0.25, 0.3) is 0 Å². The van der Waals surface area contributed by atoms with E-state index in [9.17, 15) is 0 Å². The van der Waals surface area contributed by atoms with Crippen LogP contribution < -0.4 is 0 Å². The standard InChI is InChI=1S/C17H29NS2/c1-3-8-17(14-19,9-4-2)13-18(16-5-6-16)11-15-7-10-20-12-15/h7,10,12,16,19H,3-6,8-9,11,13-14H2,1-2H3. The van der Waals surface area contributed by atoms with E-state index in [0.29, 0.717) is 5.41 Å². The van der Waals surface area contributed by atoms with Gasteiger partial charge in [-0.25, -0.2) is 0 Å². The zero-order valence-electron chi connectivity index (χ0n) is 13.0. The first-order chi connectivity index (χ1) is 9.73. The lowest BCUT2D eigenvalue weighted by Crippen LogP contribution is -2.40. The lowest BCUT2D eigenvalue weighted by atomic mass is 9.80. The van der Waals surface area contributed by atoms with Gasteiger partial charge >= 0.3 is 0 Å². The number of hydrogen-bond acceptors (Lipinski definition) is 3. The maximum atomic E-state index is 4.72. The molecular weight excluding hydrogens is 282 g/mol. The van der Waals surface area contributed by atoms with Crippen LogP contribution in [0.2, 0.25) is 0 Å². The molecule has 1 heterocycles. The molecule has 0 bridgehead atoms. The quantitative estimate of drug-likeness (QED) is 0.579. The zero-order chi connectivity index (χ0) is 14.4. The van der Waals surface area contributed by atoms with Crippen molar-refractivity contribution in [1.82, 2.24) is 4.90 Å². The first-order valence-corrected chi connectivity index (χ1v) is 9.66. The Hall–Kier alpha value is 0.01000. The fourth-order valence-electron chi connectivity index (χ4n) is 3.35. The number of thiol groups is 1. The second kappa shape index (κ2) is 7.86. The Kier molecular flexibility index (Phi) is 6.44. The highest BCUT2D eigenvalue weighted by Gasteiger charge is 2.36. The monoisotopic (exact) mass is 311 g/mol. The van der Waals surface area contributed by atoms with E-state index >= 15 is 0 Å². The van der Waals surface area contributed by atoms with E-state index < -0.39 is 0 Å². The van der Waals surface area contributed by atoms with Crippen molar-refractivity contribution in [2.24, 2.45) is 5.41 Å². The Morgan fingerprint density at radius 3 is 2.45 bits per heavy atom. The molecule has 0 N–H and O–H groups in total. The van der Waals surface area contributed by atoms with Gasteiger partial charge in [-0.2, -0.15) is 24.0 Å². The number of rotatable bonds is 10. The van der Waals surface area contributed by atoms with E-state index in [1.165, 1.54) is 50.6 Å². The van der Waals surface area contributed by atoms with Crippen molar-refractivity contribution in [2.45, 2.75) is 65.0 Å². The van der Waals surface area contributed by atoms with Crippen molar-refractivity contribution in [3.63, 3.8) is 0 Å². The van der Waals surface area contributed by atoms with Crippen LogP contribution in [-0.2, 0) is 6.54 Å². The van der Waals surface area contributed by atoms with Crippen LogP contribution in [0, 0.1) is 5.41 Å². The molecule has 114 valence electrons. The lowest BCUT2D eigenvalue weighted by Gasteiger charge is -2.38. The Balaban J connectivity index is 2.03. The molecule has 0 aliphatic heterocycles. The lowest BCUT2D eigenvalue weighted by molar-refractivity contribution is 0.134. The Morgan fingerprint density at radius 1 is 1.30 bits per heavy atom. The van der Waals surface area contributed by atoms with Crippen molar-refractivity contribution in [1.29, 1.82) is 0 Å². The van der Waals surface area contributed by atoms with Crippen LogP contribution in [0.3, 0.4) is 0 Å². The van der Waals surface area contributed by atoms with E-state index in [1.54, 1.807) is 0 Å². The first-order valence-electron chi connectivity index (χ1n) is 8.09. The van der Waals surface area contributed by atoms with E-state index in [-0.39, 0.29) is 0 Å². The normalized spacial score (nSPS) is 16.0. The number of hydrogen-bond donors (Lipinski definition) is 1. The highest BCUT2D eigenvalue weighted by Crippen LogP contribution is 2.37. The van der Waals surface area contributed by atoms with E-state index in [4.69, 9.17) is 12.6 Å². The molecule has 0 amide bonds. The van der Waals surface area contributed by atoms with Gasteiger partial charge in [-0.15, -0.1) is 0 Å². The van der Waals surface area contributed by atoms with Gasteiger partial charge in [0.15, 0.2) is 0 Å². The van der Waals surface area contributed by atoms with Crippen LogP contribution >= 0.6 is 24.0 Å². The molecule has 0 atom stereocenters. The summed E-state index contributed by atoms with van der Waals surface area (Å²) in [5.41, 5.74) is 1.91. The first kappa shape index (κ1) is 16.4. The van der Waals surface area contributed by atoms with Crippen LogP contribution in [-0.4, -0.2) is 23.2 Å². The van der Waals surface area contributed by atoms with Crippen molar-refractivity contribution >= 4 is 24.0 Å². The van der Waals surface area contributed by atoms with Gasteiger partial charge < -0.3 is 0 Å². The molecule has 0 spiro atoms. The van der Waals surface area contributed by atoms with Gasteiger partial charge in [-0.05, 0) is 59.2 Å². The second-order valence-electron chi connectivity index (χ2n) is 6.43. The highest BCUT2D eigenvalue weighted by atomic mass is 32.1. The van der Waals surface area contributed by atoms with Gasteiger partial charge in [0.1, 0.15) is 0 Å². The summed E-state index contributed by atoms with van der Waals surface area (Å²) in [6, 6.07) is 3.12. The molecule has 20 heavy (non-hydrogen) atoms. The average molecular weight is 312 g/mol. The van der Waals surface area contributed by atoms with E-state index in [1.807, 2.05) is 11.3 Å². The summed E-state index contributed by atoms with van der Waals surface area (Å²) in [5.74, 6) is 1.03. The predicted octanol–water partition coefficient (Wildman–Crippen LogP) is 5.23. The molecule has 2 rings (SSSR count). The third-order valence-electron chi connectivity index (χ3n) is 4.46.